The van der Waals surface area contributed by atoms with E-state index < -0.39 is 0 Å². The van der Waals surface area contributed by atoms with E-state index in [9.17, 15) is 4.79 Å². The van der Waals surface area contributed by atoms with E-state index >= 15 is 0 Å². The zero-order chi connectivity index (χ0) is 17.7. The average Bonchev–Trinajstić information content (AvgIpc) is 3.07. The minimum absolute atomic E-state index is 0.225. The van der Waals surface area contributed by atoms with Gasteiger partial charge in [-0.1, -0.05) is 48.8 Å². The van der Waals surface area contributed by atoms with Crippen molar-refractivity contribution in [2.24, 2.45) is 5.92 Å². The molecule has 0 unspecified atom stereocenters. The summed E-state index contributed by atoms with van der Waals surface area (Å²) in [6.45, 7) is 5.77. The first kappa shape index (κ1) is 19.1. The molecule has 9 heteroatoms. The van der Waals surface area contributed by atoms with Gasteiger partial charge in [0.1, 0.15) is 16.7 Å². The first-order valence-electron chi connectivity index (χ1n) is 7.70. The molecule has 2 rings (SSSR count). The Balaban J connectivity index is 1.86. The Morgan fingerprint density at radius 1 is 1.42 bits per heavy atom. The quantitative estimate of drug-likeness (QED) is 0.533. The highest BCUT2D eigenvalue weighted by atomic mass is 35.5. The minimum Gasteiger partial charge on any atom is -0.351 e. The molecular formula is C15H21Cl2N5OS. The highest BCUT2D eigenvalue weighted by Crippen LogP contribution is 2.21. The number of rotatable bonds is 8. The van der Waals surface area contributed by atoms with Crippen LogP contribution in [0.3, 0.4) is 0 Å². The maximum absolute atomic E-state index is 12.0. The van der Waals surface area contributed by atoms with E-state index in [2.05, 4.69) is 38.9 Å². The number of nitrogens with zero attached hydrogens (tertiary/aromatic N) is 3. The van der Waals surface area contributed by atoms with E-state index in [4.69, 9.17) is 23.2 Å². The van der Waals surface area contributed by atoms with E-state index in [0.29, 0.717) is 23.2 Å². The summed E-state index contributed by atoms with van der Waals surface area (Å²) in [5.74, 6) is 1.25. The minimum atomic E-state index is -0.225. The molecule has 6 nitrogen and oxygen atoms in total. The number of carbonyl (C=O) groups excluding carboxylic acids is 1. The molecule has 2 aromatic rings. The van der Waals surface area contributed by atoms with Crippen LogP contribution < -0.4 is 5.32 Å². The van der Waals surface area contributed by atoms with Crippen molar-refractivity contribution in [1.29, 1.82) is 0 Å². The van der Waals surface area contributed by atoms with Gasteiger partial charge in [0.15, 0.2) is 5.16 Å². The number of aryl methyl sites for hydroxylation is 1. The van der Waals surface area contributed by atoms with E-state index in [-0.39, 0.29) is 11.1 Å². The molecule has 0 bridgehead atoms. The van der Waals surface area contributed by atoms with Crippen LogP contribution in [-0.2, 0) is 13.0 Å². The van der Waals surface area contributed by atoms with Crippen molar-refractivity contribution in [3.8, 4) is 0 Å². The highest BCUT2D eigenvalue weighted by molar-refractivity contribution is 7.98. The Morgan fingerprint density at radius 3 is 2.75 bits per heavy atom. The predicted octanol–water partition coefficient (Wildman–Crippen LogP) is 3.65. The van der Waals surface area contributed by atoms with Gasteiger partial charge in [-0.25, -0.2) is 0 Å². The van der Waals surface area contributed by atoms with E-state index in [0.717, 1.165) is 30.4 Å². The molecule has 0 radical (unpaired) electrons. The lowest BCUT2D eigenvalue weighted by Crippen LogP contribution is -2.25. The third-order valence-electron chi connectivity index (χ3n) is 3.36. The van der Waals surface area contributed by atoms with Crippen molar-refractivity contribution in [2.45, 2.75) is 38.4 Å². The normalized spacial score (nSPS) is 11.2. The first-order valence-corrected chi connectivity index (χ1v) is 9.68. The number of hydrogen-bond acceptors (Lipinski definition) is 4. The Hall–Kier alpha value is -1.18. The summed E-state index contributed by atoms with van der Waals surface area (Å²) in [5, 5.41) is 12.9. The topological polar surface area (TPSA) is 75.6 Å². The second-order valence-corrected chi connectivity index (χ2v) is 7.37. The Labute approximate surface area is 155 Å². The smallest absolute Gasteiger partial charge is 0.267 e. The van der Waals surface area contributed by atoms with Crippen LogP contribution in [0.25, 0.3) is 0 Å². The molecule has 0 aliphatic rings. The van der Waals surface area contributed by atoms with Gasteiger partial charge < -0.3 is 14.9 Å². The highest BCUT2D eigenvalue weighted by Gasteiger charge is 2.13. The number of nitrogens with one attached hydrogen (secondary N) is 2. The monoisotopic (exact) mass is 389 g/mol. The fourth-order valence-corrected chi connectivity index (χ4v) is 3.11. The summed E-state index contributed by atoms with van der Waals surface area (Å²) in [7, 11) is 0. The number of amides is 1. The third kappa shape index (κ3) is 4.91. The molecular weight excluding hydrogens is 369 g/mol. The molecule has 0 aliphatic heterocycles. The maximum atomic E-state index is 12.0. The summed E-state index contributed by atoms with van der Waals surface area (Å²) < 4.78 is 2.15. The molecule has 132 valence electrons. The standard InChI is InChI=1S/C15H21Cl2N5OS/c1-9(2)8-22-12(20-21-15(22)24-3)5-4-6-18-14(23)11-7-10(16)13(17)19-11/h7,9,19H,4-6,8H2,1-3H3,(H,18,23). The van der Waals surface area contributed by atoms with Crippen molar-refractivity contribution >= 4 is 40.9 Å². The van der Waals surface area contributed by atoms with Gasteiger partial charge in [-0.15, -0.1) is 10.2 Å². The molecule has 2 heterocycles. The average molecular weight is 390 g/mol. The zero-order valence-corrected chi connectivity index (χ0v) is 16.2. The van der Waals surface area contributed by atoms with Crippen molar-refractivity contribution in [3.05, 3.63) is 27.8 Å². The van der Waals surface area contributed by atoms with Crippen LogP contribution in [0.5, 0.6) is 0 Å². The third-order valence-corrected chi connectivity index (χ3v) is 4.72. The predicted molar refractivity (Wildman–Crippen MR) is 98.1 cm³/mol. The lowest BCUT2D eigenvalue weighted by molar-refractivity contribution is 0.0949. The fraction of sp³-hybridized carbons (Fsp3) is 0.533. The van der Waals surface area contributed by atoms with Crippen molar-refractivity contribution in [2.75, 3.05) is 12.8 Å². The number of aromatic amines is 1. The molecule has 0 aromatic carbocycles. The number of hydrogen-bond donors (Lipinski definition) is 2. The van der Waals surface area contributed by atoms with Gasteiger partial charge in [-0.05, 0) is 24.7 Å². The van der Waals surface area contributed by atoms with Gasteiger partial charge in [-0.2, -0.15) is 0 Å². The zero-order valence-electron chi connectivity index (χ0n) is 13.9. The number of halogens is 2. The largest absolute Gasteiger partial charge is 0.351 e. The molecule has 0 saturated carbocycles. The Kier molecular flexibility index (Phi) is 7.01. The van der Waals surface area contributed by atoms with Gasteiger partial charge in [0, 0.05) is 19.5 Å². The van der Waals surface area contributed by atoms with Crippen molar-refractivity contribution in [3.63, 3.8) is 0 Å². The number of thioether (sulfide) groups is 1. The van der Waals surface area contributed by atoms with Crippen LogP contribution in [0.4, 0.5) is 0 Å². The molecule has 2 aromatic heterocycles. The van der Waals surface area contributed by atoms with Gasteiger partial charge in [0.05, 0.1) is 5.02 Å². The van der Waals surface area contributed by atoms with E-state index in [1.165, 1.54) is 6.07 Å². The van der Waals surface area contributed by atoms with Crippen LogP contribution in [0.15, 0.2) is 11.2 Å². The molecule has 0 saturated heterocycles. The van der Waals surface area contributed by atoms with Crippen LogP contribution in [0, 0.1) is 5.92 Å². The second-order valence-electron chi connectivity index (χ2n) is 5.81. The second kappa shape index (κ2) is 8.78. The molecule has 0 atom stereocenters. The van der Waals surface area contributed by atoms with Crippen molar-refractivity contribution in [1.82, 2.24) is 25.1 Å². The molecule has 0 aliphatic carbocycles. The van der Waals surface area contributed by atoms with Gasteiger partial charge in [0.25, 0.3) is 5.91 Å². The Bertz CT molecular complexity index is 679. The maximum Gasteiger partial charge on any atom is 0.267 e. The van der Waals surface area contributed by atoms with E-state index in [1.807, 2.05) is 6.26 Å². The summed E-state index contributed by atoms with van der Waals surface area (Å²) in [4.78, 5) is 14.7. The van der Waals surface area contributed by atoms with Crippen LogP contribution in [-0.4, -0.2) is 38.5 Å². The molecule has 0 fully saturated rings. The Morgan fingerprint density at radius 2 is 2.17 bits per heavy atom. The number of aromatic nitrogens is 4. The SMILES string of the molecule is CSc1nnc(CCCNC(=O)c2cc(Cl)c(Cl)[nH]2)n1CC(C)C. The summed E-state index contributed by atoms with van der Waals surface area (Å²) in [5.41, 5.74) is 0.359. The van der Waals surface area contributed by atoms with Crippen LogP contribution >= 0.6 is 35.0 Å². The van der Waals surface area contributed by atoms with Gasteiger partial charge in [0.2, 0.25) is 0 Å². The van der Waals surface area contributed by atoms with Crippen molar-refractivity contribution < 1.29 is 4.79 Å². The fourth-order valence-electron chi connectivity index (χ4n) is 2.27. The molecule has 0 spiro atoms. The van der Waals surface area contributed by atoms with Crippen LogP contribution in [0.1, 0.15) is 36.6 Å². The lowest BCUT2D eigenvalue weighted by atomic mass is 10.2. The number of carbonyl (C=O) groups is 1. The summed E-state index contributed by atoms with van der Waals surface area (Å²) in [6.07, 6.45) is 3.53. The summed E-state index contributed by atoms with van der Waals surface area (Å²) in [6, 6.07) is 1.52. The van der Waals surface area contributed by atoms with Crippen LogP contribution in [0.2, 0.25) is 10.2 Å². The van der Waals surface area contributed by atoms with E-state index in [1.54, 1.807) is 11.8 Å². The summed E-state index contributed by atoms with van der Waals surface area (Å²) >= 11 is 13.2. The molecule has 1 amide bonds. The molecule has 2 N–H and O–H groups in total. The van der Waals surface area contributed by atoms with Gasteiger partial charge >= 0.3 is 0 Å². The first-order chi connectivity index (χ1) is 11.4. The van der Waals surface area contributed by atoms with Gasteiger partial charge in [-0.3, -0.25) is 4.79 Å². The number of H-pyrrole nitrogens is 1. The molecule has 24 heavy (non-hydrogen) atoms. The lowest BCUT2D eigenvalue weighted by Gasteiger charge is -2.11.